The van der Waals surface area contributed by atoms with Crippen molar-refractivity contribution in [3.63, 3.8) is 0 Å². The number of carbonyl (C=O) groups excluding carboxylic acids is 2. The summed E-state index contributed by atoms with van der Waals surface area (Å²) in [6, 6.07) is 21.3. The number of aromatic nitrogens is 1. The molecular weight excluding hydrogens is 366 g/mol. The van der Waals surface area contributed by atoms with Crippen molar-refractivity contribution in [2.45, 2.75) is 10.6 Å². The molecule has 0 atom stereocenters. The van der Waals surface area contributed by atoms with Gasteiger partial charge in [0.25, 0.3) is 0 Å². The molecule has 1 aliphatic rings. The molecule has 4 heteroatoms. The van der Waals surface area contributed by atoms with Gasteiger partial charge in [-0.05, 0) is 17.7 Å². The minimum atomic E-state index is -0.0742. The van der Waals surface area contributed by atoms with Crippen LogP contribution in [-0.4, -0.2) is 16.1 Å². The van der Waals surface area contributed by atoms with Gasteiger partial charge in [-0.2, -0.15) is 0 Å². The number of carbonyl (C=O) groups is 2. The molecule has 1 aromatic heterocycles. The van der Waals surface area contributed by atoms with Crippen molar-refractivity contribution in [3.8, 4) is 0 Å². The summed E-state index contributed by atoms with van der Waals surface area (Å²) in [5.41, 5.74) is 4.08. The lowest BCUT2D eigenvalue weighted by Gasteiger charge is -2.20. The van der Waals surface area contributed by atoms with E-state index in [1.54, 1.807) is 36.0 Å². The fourth-order valence-electron chi connectivity index (χ4n) is 3.87. The van der Waals surface area contributed by atoms with Crippen LogP contribution in [-0.2, 0) is 12.8 Å². The highest BCUT2D eigenvalue weighted by Crippen LogP contribution is 2.39. The van der Waals surface area contributed by atoms with Crippen LogP contribution in [0.15, 0.2) is 77.8 Å². The van der Waals surface area contributed by atoms with Gasteiger partial charge in [0.1, 0.15) is 0 Å². The Hall–Kier alpha value is -3.11. The van der Waals surface area contributed by atoms with Gasteiger partial charge < -0.3 is 4.57 Å². The van der Waals surface area contributed by atoms with E-state index in [2.05, 4.69) is 12.1 Å². The lowest BCUT2D eigenvalue weighted by atomic mass is 9.83. The van der Waals surface area contributed by atoms with Gasteiger partial charge in [-0.1, -0.05) is 54.6 Å². The molecule has 0 unspecified atom stereocenters. The van der Waals surface area contributed by atoms with Gasteiger partial charge in [0.15, 0.2) is 11.6 Å². The van der Waals surface area contributed by atoms with Crippen molar-refractivity contribution in [1.82, 2.24) is 4.57 Å². The van der Waals surface area contributed by atoms with Crippen LogP contribution in [0.2, 0.25) is 0 Å². The van der Waals surface area contributed by atoms with E-state index in [-0.39, 0.29) is 11.6 Å². The first-order chi connectivity index (χ1) is 13.6. The quantitative estimate of drug-likeness (QED) is 0.400. The van der Waals surface area contributed by atoms with Crippen molar-refractivity contribution in [2.75, 3.05) is 0 Å². The summed E-state index contributed by atoms with van der Waals surface area (Å²) >= 11 is 1.70. The molecule has 0 saturated carbocycles. The fraction of sp³-hybridized carbons (Fsp3) is 0.0833. The second kappa shape index (κ2) is 6.50. The average Bonchev–Trinajstić information content (AvgIpc) is 3.12. The molecular formula is C24H17NO2S. The Labute approximate surface area is 167 Å². The van der Waals surface area contributed by atoms with Gasteiger partial charge >= 0.3 is 0 Å². The first kappa shape index (κ1) is 17.0. The van der Waals surface area contributed by atoms with Gasteiger partial charge in [-0.15, -0.1) is 11.8 Å². The molecule has 4 aromatic rings. The Bertz CT molecular complexity index is 1250. The number of ketones is 2. The Morgan fingerprint density at radius 2 is 1.50 bits per heavy atom. The number of aryl methyl sites for hydroxylation is 1. The first-order valence-corrected chi connectivity index (χ1v) is 10.1. The average molecular weight is 383 g/mol. The Kier molecular flexibility index (Phi) is 3.95. The van der Waals surface area contributed by atoms with Crippen LogP contribution >= 0.6 is 11.8 Å². The molecule has 0 saturated heterocycles. The molecule has 0 N–H and O–H groups in total. The van der Waals surface area contributed by atoms with Crippen molar-refractivity contribution in [3.05, 3.63) is 101 Å². The van der Waals surface area contributed by atoms with E-state index in [1.807, 2.05) is 48.1 Å². The molecule has 0 bridgehead atoms. The zero-order chi connectivity index (χ0) is 19.3. The summed E-state index contributed by atoms with van der Waals surface area (Å²) in [5, 5.41) is 1.02. The highest BCUT2D eigenvalue weighted by atomic mass is 32.2. The number of hydrogen-bond donors (Lipinski definition) is 0. The van der Waals surface area contributed by atoms with Crippen molar-refractivity contribution < 1.29 is 9.59 Å². The van der Waals surface area contributed by atoms with Gasteiger partial charge in [0, 0.05) is 46.0 Å². The minimum absolute atomic E-state index is 0.0726. The maximum atomic E-state index is 13.2. The predicted octanol–water partition coefficient (Wildman–Crippen LogP) is 5.25. The summed E-state index contributed by atoms with van der Waals surface area (Å²) in [5.74, 6) is 0.661. The van der Waals surface area contributed by atoms with E-state index in [0.717, 1.165) is 21.6 Å². The van der Waals surface area contributed by atoms with Crippen molar-refractivity contribution in [2.24, 2.45) is 7.05 Å². The lowest BCUT2D eigenvalue weighted by Crippen LogP contribution is -2.22. The fourth-order valence-corrected chi connectivity index (χ4v) is 4.91. The standard InChI is InChI=1S/C24H17NO2S/c1-25-12-11-18-20(28-14-15-7-3-2-4-8-15)13-19-21(22(18)25)24(27)17-10-6-5-9-16(17)23(19)26/h2-13H,14H2,1H3. The van der Waals surface area contributed by atoms with Crippen LogP contribution in [0.4, 0.5) is 0 Å². The minimum Gasteiger partial charge on any atom is -0.350 e. The summed E-state index contributed by atoms with van der Waals surface area (Å²) in [6.07, 6.45) is 1.95. The largest absolute Gasteiger partial charge is 0.350 e. The highest BCUT2D eigenvalue weighted by Gasteiger charge is 2.32. The maximum absolute atomic E-state index is 13.2. The van der Waals surface area contributed by atoms with Crippen LogP contribution in [0.1, 0.15) is 37.4 Å². The zero-order valence-corrected chi connectivity index (χ0v) is 16.1. The number of fused-ring (bicyclic) bond motifs is 4. The molecule has 136 valence electrons. The normalized spacial score (nSPS) is 12.9. The topological polar surface area (TPSA) is 39.1 Å². The summed E-state index contributed by atoms with van der Waals surface area (Å²) in [7, 11) is 1.92. The van der Waals surface area contributed by atoms with Crippen LogP contribution in [0.5, 0.6) is 0 Å². The van der Waals surface area contributed by atoms with E-state index < -0.39 is 0 Å². The molecule has 0 aliphatic heterocycles. The summed E-state index contributed by atoms with van der Waals surface area (Å²) < 4.78 is 1.94. The third-order valence-corrected chi connectivity index (χ3v) is 6.37. The van der Waals surface area contributed by atoms with Crippen molar-refractivity contribution in [1.29, 1.82) is 0 Å². The molecule has 0 fully saturated rings. The van der Waals surface area contributed by atoms with Crippen LogP contribution < -0.4 is 0 Å². The number of thioether (sulfide) groups is 1. The SMILES string of the molecule is Cn1ccc2c(SCc3ccccc3)cc3c(c21)C(=O)c1ccccc1C3=O. The second-order valence-electron chi connectivity index (χ2n) is 6.96. The maximum Gasteiger partial charge on any atom is 0.196 e. The van der Waals surface area contributed by atoms with Gasteiger partial charge in [-0.25, -0.2) is 0 Å². The molecule has 28 heavy (non-hydrogen) atoms. The highest BCUT2D eigenvalue weighted by molar-refractivity contribution is 7.98. The zero-order valence-electron chi connectivity index (χ0n) is 15.3. The lowest BCUT2D eigenvalue weighted by molar-refractivity contribution is 0.0980. The summed E-state index contributed by atoms with van der Waals surface area (Å²) in [6.45, 7) is 0. The van der Waals surface area contributed by atoms with Gasteiger partial charge in [0.05, 0.1) is 11.1 Å². The second-order valence-corrected chi connectivity index (χ2v) is 7.98. The Morgan fingerprint density at radius 1 is 0.821 bits per heavy atom. The number of benzene rings is 3. The van der Waals surface area contributed by atoms with Gasteiger partial charge in [-0.3, -0.25) is 9.59 Å². The molecule has 5 rings (SSSR count). The number of nitrogens with zero attached hydrogens (tertiary/aromatic N) is 1. The third kappa shape index (κ3) is 2.53. The predicted molar refractivity (Wildman–Crippen MR) is 112 cm³/mol. The number of hydrogen-bond acceptors (Lipinski definition) is 3. The van der Waals surface area contributed by atoms with Gasteiger partial charge in [0.2, 0.25) is 0 Å². The van der Waals surface area contributed by atoms with E-state index in [1.165, 1.54) is 5.56 Å². The Morgan fingerprint density at radius 3 is 2.25 bits per heavy atom. The molecule has 0 spiro atoms. The van der Waals surface area contributed by atoms with E-state index in [4.69, 9.17) is 0 Å². The molecule has 3 nitrogen and oxygen atoms in total. The van der Waals surface area contributed by atoms with Crippen LogP contribution in [0.3, 0.4) is 0 Å². The van der Waals surface area contributed by atoms with E-state index >= 15 is 0 Å². The first-order valence-electron chi connectivity index (χ1n) is 9.12. The molecule has 0 amide bonds. The smallest absolute Gasteiger partial charge is 0.196 e. The summed E-state index contributed by atoms with van der Waals surface area (Å²) in [4.78, 5) is 27.4. The molecule has 1 heterocycles. The van der Waals surface area contributed by atoms with Crippen LogP contribution in [0.25, 0.3) is 10.9 Å². The molecule has 1 aliphatic carbocycles. The van der Waals surface area contributed by atoms with Crippen LogP contribution in [0, 0.1) is 0 Å². The van der Waals surface area contributed by atoms with E-state index in [9.17, 15) is 9.59 Å². The molecule has 3 aromatic carbocycles. The third-order valence-electron chi connectivity index (χ3n) is 5.24. The van der Waals surface area contributed by atoms with E-state index in [0.29, 0.717) is 22.3 Å². The molecule has 0 radical (unpaired) electrons. The monoisotopic (exact) mass is 383 g/mol. The van der Waals surface area contributed by atoms with Crippen molar-refractivity contribution >= 4 is 34.2 Å². The Balaban J connectivity index is 1.69. The number of rotatable bonds is 3.